The Hall–Kier alpha value is -2.69. The molecule has 2 aromatic carbocycles. The van der Waals surface area contributed by atoms with Gasteiger partial charge < -0.3 is 20.5 Å². The summed E-state index contributed by atoms with van der Waals surface area (Å²) in [5, 5.41) is 16.1. The molecule has 0 spiro atoms. The highest BCUT2D eigenvalue weighted by molar-refractivity contribution is 5.79. The first-order valence-corrected chi connectivity index (χ1v) is 8.65. The molecule has 0 aliphatic rings. The quantitative estimate of drug-likeness (QED) is 0.510. The molecular weight excluding hydrogens is 314 g/mol. The number of rotatable bonds is 8. The molecule has 5 nitrogen and oxygen atoms in total. The van der Waals surface area contributed by atoms with E-state index in [1.54, 1.807) is 19.2 Å². The van der Waals surface area contributed by atoms with Crippen molar-refractivity contribution in [1.82, 2.24) is 10.6 Å². The summed E-state index contributed by atoms with van der Waals surface area (Å²) in [4.78, 5) is 4.62. The molecule has 0 fully saturated rings. The number of guanidine groups is 1. The molecule has 0 aliphatic heterocycles. The van der Waals surface area contributed by atoms with E-state index in [0.29, 0.717) is 12.3 Å². The summed E-state index contributed by atoms with van der Waals surface area (Å²) < 4.78 is 5.37. The highest BCUT2D eigenvalue weighted by Crippen LogP contribution is 2.17. The van der Waals surface area contributed by atoms with Crippen LogP contribution in [-0.4, -0.2) is 37.8 Å². The van der Waals surface area contributed by atoms with Gasteiger partial charge in [0.05, 0.1) is 7.11 Å². The second-order valence-corrected chi connectivity index (χ2v) is 5.67. The Morgan fingerprint density at radius 2 is 1.92 bits per heavy atom. The van der Waals surface area contributed by atoms with Gasteiger partial charge in [-0.1, -0.05) is 30.3 Å². The predicted octanol–water partition coefficient (Wildman–Crippen LogP) is 2.74. The van der Waals surface area contributed by atoms with Crippen LogP contribution in [0.3, 0.4) is 0 Å². The first kappa shape index (κ1) is 18.6. The number of aliphatic imine (C=N–C) groups is 1. The molecule has 0 aliphatic carbocycles. The maximum Gasteiger partial charge on any atom is 0.191 e. The molecule has 25 heavy (non-hydrogen) atoms. The summed E-state index contributed by atoms with van der Waals surface area (Å²) in [7, 11) is 1.69. The molecule has 2 rings (SSSR count). The molecule has 0 amide bonds. The van der Waals surface area contributed by atoms with Gasteiger partial charge in [0.1, 0.15) is 11.5 Å². The second kappa shape index (κ2) is 10.2. The zero-order chi connectivity index (χ0) is 17.9. The van der Waals surface area contributed by atoms with Gasteiger partial charge in [-0.3, -0.25) is 4.99 Å². The Labute approximate surface area is 149 Å². The van der Waals surface area contributed by atoms with E-state index in [9.17, 15) is 5.11 Å². The van der Waals surface area contributed by atoms with Gasteiger partial charge in [0.25, 0.3) is 0 Å². The molecular formula is C20H27N3O2. The highest BCUT2D eigenvalue weighted by Gasteiger charge is 2.02. The molecule has 3 N–H and O–H groups in total. The Morgan fingerprint density at radius 3 is 2.68 bits per heavy atom. The third kappa shape index (κ3) is 6.37. The molecule has 0 atom stereocenters. The number of phenolic OH excluding ortho intramolecular Hbond substituents is 1. The minimum Gasteiger partial charge on any atom is -0.508 e. The largest absolute Gasteiger partial charge is 0.508 e. The SMILES string of the molecule is CCNC(=NCCc1ccccc1OC)NCCc1cccc(O)c1. The van der Waals surface area contributed by atoms with Crippen LogP contribution in [0.5, 0.6) is 11.5 Å². The number of ether oxygens (including phenoxy) is 1. The fourth-order valence-corrected chi connectivity index (χ4v) is 2.58. The maximum atomic E-state index is 9.51. The van der Waals surface area contributed by atoms with Gasteiger partial charge in [-0.15, -0.1) is 0 Å². The monoisotopic (exact) mass is 341 g/mol. The van der Waals surface area contributed by atoms with Crippen molar-refractivity contribution in [2.45, 2.75) is 19.8 Å². The third-order valence-electron chi connectivity index (χ3n) is 3.80. The summed E-state index contributed by atoms with van der Waals surface area (Å²) >= 11 is 0. The number of nitrogens with zero attached hydrogens (tertiary/aromatic N) is 1. The van der Waals surface area contributed by atoms with E-state index in [4.69, 9.17) is 4.74 Å². The van der Waals surface area contributed by atoms with Crippen molar-refractivity contribution in [1.29, 1.82) is 0 Å². The van der Waals surface area contributed by atoms with Crippen LogP contribution in [0.25, 0.3) is 0 Å². The average molecular weight is 341 g/mol. The van der Waals surface area contributed by atoms with Crippen LogP contribution < -0.4 is 15.4 Å². The van der Waals surface area contributed by atoms with Crippen molar-refractivity contribution in [3.8, 4) is 11.5 Å². The lowest BCUT2D eigenvalue weighted by atomic mass is 10.1. The minimum atomic E-state index is 0.301. The lowest BCUT2D eigenvalue weighted by Crippen LogP contribution is -2.38. The summed E-state index contributed by atoms with van der Waals surface area (Å²) in [6.07, 6.45) is 1.65. The van der Waals surface area contributed by atoms with Crippen LogP contribution in [0.1, 0.15) is 18.1 Å². The first-order chi connectivity index (χ1) is 12.2. The third-order valence-corrected chi connectivity index (χ3v) is 3.80. The number of aromatic hydroxyl groups is 1. The Morgan fingerprint density at radius 1 is 1.08 bits per heavy atom. The molecule has 0 radical (unpaired) electrons. The fourth-order valence-electron chi connectivity index (χ4n) is 2.58. The van der Waals surface area contributed by atoms with Gasteiger partial charge >= 0.3 is 0 Å². The average Bonchev–Trinajstić information content (AvgIpc) is 2.62. The van der Waals surface area contributed by atoms with E-state index in [-0.39, 0.29) is 0 Å². The summed E-state index contributed by atoms with van der Waals surface area (Å²) in [6, 6.07) is 15.4. The van der Waals surface area contributed by atoms with Crippen molar-refractivity contribution >= 4 is 5.96 Å². The number of para-hydroxylation sites is 1. The summed E-state index contributed by atoms with van der Waals surface area (Å²) in [6.45, 7) is 4.30. The van der Waals surface area contributed by atoms with Crippen LogP contribution in [0.15, 0.2) is 53.5 Å². The molecule has 0 bridgehead atoms. The summed E-state index contributed by atoms with van der Waals surface area (Å²) in [5.74, 6) is 2.01. The van der Waals surface area contributed by atoms with Gasteiger partial charge in [-0.05, 0) is 49.1 Å². The van der Waals surface area contributed by atoms with Crippen molar-refractivity contribution in [3.05, 3.63) is 59.7 Å². The van der Waals surface area contributed by atoms with Crippen molar-refractivity contribution < 1.29 is 9.84 Å². The zero-order valence-corrected chi connectivity index (χ0v) is 15.0. The first-order valence-electron chi connectivity index (χ1n) is 8.65. The van der Waals surface area contributed by atoms with Gasteiger partial charge in [-0.25, -0.2) is 0 Å². The smallest absolute Gasteiger partial charge is 0.191 e. The predicted molar refractivity (Wildman–Crippen MR) is 102 cm³/mol. The number of hydrogen-bond acceptors (Lipinski definition) is 3. The van der Waals surface area contributed by atoms with Gasteiger partial charge in [0.2, 0.25) is 0 Å². The molecule has 0 saturated carbocycles. The van der Waals surface area contributed by atoms with E-state index in [0.717, 1.165) is 48.8 Å². The highest BCUT2D eigenvalue weighted by atomic mass is 16.5. The van der Waals surface area contributed by atoms with E-state index in [1.807, 2.05) is 37.3 Å². The van der Waals surface area contributed by atoms with Crippen LogP contribution in [-0.2, 0) is 12.8 Å². The van der Waals surface area contributed by atoms with Crippen LogP contribution in [0.4, 0.5) is 0 Å². The number of hydrogen-bond donors (Lipinski definition) is 3. The van der Waals surface area contributed by atoms with Gasteiger partial charge in [0.15, 0.2) is 5.96 Å². The number of benzene rings is 2. The van der Waals surface area contributed by atoms with Gasteiger partial charge in [-0.2, -0.15) is 0 Å². The van der Waals surface area contributed by atoms with Crippen molar-refractivity contribution in [2.24, 2.45) is 4.99 Å². The fraction of sp³-hybridized carbons (Fsp3) is 0.350. The van der Waals surface area contributed by atoms with Crippen LogP contribution >= 0.6 is 0 Å². The number of nitrogens with one attached hydrogen (secondary N) is 2. The van der Waals surface area contributed by atoms with Gasteiger partial charge in [0, 0.05) is 19.6 Å². The van der Waals surface area contributed by atoms with Crippen LogP contribution in [0, 0.1) is 0 Å². The summed E-state index contributed by atoms with van der Waals surface area (Å²) in [5.41, 5.74) is 2.25. The molecule has 0 heterocycles. The van der Waals surface area contributed by atoms with E-state index < -0.39 is 0 Å². The van der Waals surface area contributed by atoms with E-state index in [1.165, 1.54) is 0 Å². The van der Waals surface area contributed by atoms with E-state index in [2.05, 4.69) is 21.7 Å². The molecule has 0 saturated heterocycles. The molecule has 5 heteroatoms. The lowest BCUT2D eigenvalue weighted by molar-refractivity contribution is 0.410. The lowest BCUT2D eigenvalue weighted by Gasteiger charge is -2.12. The second-order valence-electron chi connectivity index (χ2n) is 5.67. The Kier molecular flexibility index (Phi) is 7.63. The Bertz CT molecular complexity index is 686. The normalized spacial score (nSPS) is 11.2. The standard InChI is InChI=1S/C20H27N3O2/c1-3-21-20(22-13-11-16-7-6-9-18(24)15-16)23-14-12-17-8-4-5-10-19(17)25-2/h4-10,15,24H,3,11-14H2,1-2H3,(H2,21,22,23). The van der Waals surface area contributed by atoms with E-state index >= 15 is 0 Å². The van der Waals surface area contributed by atoms with Crippen molar-refractivity contribution in [3.63, 3.8) is 0 Å². The number of methoxy groups -OCH3 is 1. The molecule has 0 aromatic heterocycles. The molecule has 2 aromatic rings. The number of phenols is 1. The van der Waals surface area contributed by atoms with Crippen LogP contribution in [0.2, 0.25) is 0 Å². The molecule has 0 unspecified atom stereocenters. The zero-order valence-electron chi connectivity index (χ0n) is 15.0. The van der Waals surface area contributed by atoms with Crippen molar-refractivity contribution in [2.75, 3.05) is 26.7 Å². The topological polar surface area (TPSA) is 65.9 Å². The molecule has 134 valence electrons. The minimum absolute atomic E-state index is 0.301. The maximum absolute atomic E-state index is 9.51. The Balaban J connectivity index is 1.85.